The molecule has 348 valence electrons. The molecule has 0 bridgehead atoms. The molecule has 0 unspecified atom stereocenters. The van der Waals surface area contributed by atoms with Crippen LogP contribution < -0.4 is 19.1 Å². The minimum atomic E-state index is -4.65. The quantitative estimate of drug-likeness (QED) is 0.0764. The first-order chi connectivity index (χ1) is 31.7. The normalized spacial score (nSPS) is 20.6. The van der Waals surface area contributed by atoms with Crippen molar-refractivity contribution in [3.05, 3.63) is 117 Å². The van der Waals surface area contributed by atoms with E-state index in [1.807, 2.05) is 18.2 Å². The molecular formula is C48H53ClFN7O8S. The molecular weight excluding hydrogens is 889 g/mol. The number of fused-ring (bicyclic) bond motifs is 1. The number of anilines is 1. The number of alkyl halides is 1. The average molecular weight is 943 g/mol. The molecule has 9 rings (SSSR count). The lowest BCUT2D eigenvalue weighted by molar-refractivity contribution is -0.386. The second kappa shape index (κ2) is 19.0. The zero-order valence-electron chi connectivity index (χ0n) is 36.9. The number of hydrogen-bond acceptors (Lipinski definition) is 12. The van der Waals surface area contributed by atoms with Crippen molar-refractivity contribution in [3.8, 4) is 17.2 Å². The lowest BCUT2D eigenvalue weighted by atomic mass is 9.72. The van der Waals surface area contributed by atoms with Gasteiger partial charge in [-0.25, -0.2) is 18.1 Å². The molecule has 0 saturated carbocycles. The van der Waals surface area contributed by atoms with E-state index in [2.05, 4.69) is 55.4 Å². The number of nitro groups is 1. The molecule has 3 aliphatic heterocycles. The number of rotatable bonds is 15. The Morgan fingerprint density at radius 3 is 2.52 bits per heavy atom. The molecule has 1 aliphatic carbocycles. The largest absolute Gasteiger partial charge is 0.486 e. The molecule has 1 amide bonds. The number of ether oxygens (including phenoxy) is 3. The van der Waals surface area contributed by atoms with E-state index in [9.17, 15) is 27.7 Å². The number of nitrogens with zero attached hydrogens (tertiary/aromatic N) is 5. The fourth-order valence-electron chi connectivity index (χ4n) is 9.41. The van der Waals surface area contributed by atoms with Gasteiger partial charge in [0.15, 0.2) is 5.75 Å². The summed E-state index contributed by atoms with van der Waals surface area (Å²) < 4.78 is 61.0. The fourth-order valence-corrected chi connectivity index (χ4v) is 10.5. The van der Waals surface area contributed by atoms with E-state index in [0.29, 0.717) is 50.8 Å². The Bertz CT molecular complexity index is 2760. The predicted molar refractivity (Wildman–Crippen MR) is 250 cm³/mol. The number of H-pyrrole nitrogens is 1. The van der Waals surface area contributed by atoms with Crippen LogP contribution in [0, 0.1) is 27.4 Å². The molecule has 66 heavy (non-hydrogen) atoms. The van der Waals surface area contributed by atoms with Crippen molar-refractivity contribution < 1.29 is 36.7 Å². The Morgan fingerprint density at radius 1 is 1.02 bits per heavy atom. The molecule has 5 aromatic rings. The SMILES string of the molecule is CC1(C)CCC(CN2CCN(c3ccc(C(=O)NS(=O)(=O)c4ccc(OC[C@H]5CN(C6COC6)C[C@@H]5CF)c([N+](=O)[O-])c4)c(Oc4cnc5[nH]ccc5c4)c3)CC2)=C(c2ccc(Cl)cc2)C1. The van der Waals surface area contributed by atoms with Crippen molar-refractivity contribution in [2.45, 2.75) is 44.0 Å². The molecule has 18 heteroatoms. The molecule has 4 aliphatic rings. The Hall–Kier alpha value is -5.59. The molecule has 2 aromatic heterocycles. The number of halogens is 2. The fraction of sp³-hybridized carbons (Fsp3) is 0.417. The van der Waals surface area contributed by atoms with E-state index < -0.39 is 38.1 Å². The van der Waals surface area contributed by atoms with Crippen LogP contribution in [-0.4, -0.2) is 117 Å². The minimum Gasteiger partial charge on any atom is -0.486 e. The van der Waals surface area contributed by atoms with Gasteiger partial charge >= 0.3 is 5.69 Å². The molecule has 2 atom stereocenters. The van der Waals surface area contributed by atoms with E-state index in [1.165, 1.54) is 35.0 Å². The van der Waals surface area contributed by atoms with Gasteiger partial charge in [0.1, 0.15) is 17.1 Å². The number of carbonyl (C=O) groups excluding carboxylic acids is 1. The lowest BCUT2D eigenvalue weighted by Crippen LogP contribution is -2.48. The van der Waals surface area contributed by atoms with Crippen molar-refractivity contribution in [3.63, 3.8) is 0 Å². The van der Waals surface area contributed by atoms with Crippen LogP contribution in [0.2, 0.25) is 5.02 Å². The summed E-state index contributed by atoms with van der Waals surface area (Å²) in [6, 6.07) is 20.1. The molecule has 5 heterocycles. The summed E-state index contributed by atoms with van der Waals surface area (Å²) >= 11 is 6.24. The van der Waals surface area contributed by atoms with Gasteiger partial charge in [-0.2, -0.15) is 0 Å². The van der Waals surface area contributed by atoms with Crippen LogP contribution >= 0.6 is 11.6 Å². The Kier molecular flexibility index (Phi) is 13.1. The maximum absolute atomic E-state index is 14.0. The van der Waals surface area contributed by atoms with Crippen LogP contribution in [-0.2, 0) is 14.8 Å². The third-order valence-electron chi connectivity index (χ3n) is 13.4. The van der Waals surface area contributed by atoms with E-state index in [4.69, 9.17) is 25.8 Å². The Morgan fingerprint density at radius 2 is 1.79 bits per heavy atom. The summed E-state index contributed by atoms with van der Waals surface area (Å²) in [5.41, 5.74) is 5.03. The van der Waals surface area contributed by atoms with Crippen molar-refractivity contribution in [2.75, 3.05) is 77.2 Å². The molecule has 3 fully saturated rings. The second-order valence-corrected chi connectivity index (χ2v) is 20.6. The van der Waals surface area contributed by atoms with Crippen LogP contribution in [0.1, 0.15) is 49.0 Å². The van der Waals surface area contributed by atoms with E-state index >= 15 is 0 Å². The number of benzene rings is 3. The number of hydrogen-bond donors (Lipinski definition) is 2. The number of amides is 1. The predicted octanol–water partition coefficient (Wildman–Crippen LogP) is 8.12. The monoisotopic (exact) mass is 941 g/mol. The lowest BCUT2D eigenvalue weighted by Gasteiger charge is -2.39. The summed E-state index contributed by atoms with van der Waals surface area (Å²) in [5, 5.41) is 13.7. The van der Waals surface area contributed by atoms with Crippen LogP contribution in [0.15, 0.2) is 95.7 Å². The third-order valence-corrected chi connectivity index (χ3v) is 15.0. The molecule has 2 N–H and O–H groups in total. The van der Waals surface area contributed by atoms with Gasteiger partial charge < -0.3 is 24.1 Å². The van der Waals surface area contributed by atoms with Gasteiger partial charge in [0.2, 0.25) is 0 Å². The summed E-state index contributed by atoms with van der Waals surface area (Å²) in [7, 11) is -4.65. The summed E-state index contributed by atoms with van der Waals surface area (Å²) in [4.78, 5) is 39.2. The van der Waals surface area contributed by atoms with Crippen molar-refractivity contribution in [1.29, 1.82) is 0 Å². The number of sulfonamides is 1. The van der Waals surface area contributed by atoms with Crippen LogP contribution in [0.25, 0.3) is 16.6 Å². The van der Waals surface area contributed by atoms with Gasteiger partial charge in [-0.05, 0) is 84.3 Å². The zero-order valence-corrected chi connectivity index (χ0v) is 38.5. The highest BCUT2D eigenvalue weighted by molar-refractivity contribution is 7.90. The summed E-state index contributed by atoms with van der Waals surface area (Å²) in [5.74, 6) is -1.27. The first-order valence-corrected chi connectivity index (χ1v) is 24.1. The molecule has 3 aromatic carbocycles. The minimum absolute atomic E-state index is 0.00614. The maximum atomic E-state index is 14.0. The number of aromatic amines is 1. The summed E-state index contributed by atoms with van der Waals surface area (Å²) in [6.07, 6.45) is 6.41. The van der Waals surface area contributed by atoms with E-state index in [1.54, 1.807) is 24.4 Å². The smallest absolute Gasteiger partial charge is 0.312 e. The molecule has 15 nitrogen and oxygen atoms in total. The van der Waals surface area contributed by atoms with Gasteiger partial charge in [0.25, 0.3) is 15.9 Å². The molecule has 0 radical (unpaired) electrons. The Labute approximate surface area is 388 Å². The van der Waals surface area contributed by atoms with Crippen LogP contribution in [0.4, 0.5) is 15.8 Å². The number of nitrogens with one attached hydrogen (secondary N) is 2. The highest BCUT2D eigenvalue weighted by Gasteiger charge is 2.39. The van der Waals surface area contributed by atoms with Gasteiger partial charge in [-0.3, -0.25) is 29.1 Å². The first-order valence-electron chi connectivity index (χ1n) is 22.3. The number of allylic oxidation sites excluding steroid dienone is 1. The Balaban J connectivity index is 0.912. The van der Waals surface area contributed by atoms with E-state index in [0.717, 1.165) is 67.1 Å². The second-order valence-electron chi connectivity index (χ2n) is 18.5. The van der Waals surface area contributed by atoms with Crippen molar-refractivity contribution in [1.82, 2.24) is 24.5 Å². The third kappa shape index (κ3) is 10.0. The molecule has 3 saturated heterocycles. The number of piperazine rings is 1. The maximum Gasteiger partial charge on any atom is 0.312 e. The number of likely N-dealkylation sites (tertiary alicyclic amines) is 1. The number of aromatic nitrogens is 2. The topological polar surface area (TPSA) is 172 Å². The summed E-state index contributed by atoms with van der Waals surface area (Å²) in [6.45, 7) is 10.2. The number of carbonyl (C=O) groups is 1. The van der Waals surface area contributed by atoms with Gasteiger partial charge in [0.05, 0.1) is 54.1 Å². The van der Waals surface area contributed by atoms with Crippen molar-refractivity contribution >= 4 is 55.5 Å². The molecule has 0 spiro atoms. The van der Waals surface area contributed by atoms with Gasteiger partial charge in [-0.15, -0.1) is 0 Å². The first kappa shape index (κ1) is 45.6. The van der Waals surface area contributed by atoms with Crippen LogP contribution in [0.3, 0.4) is 0 Å². The van der Waals surface area contributed by atoms with Gasteiger partial charge in [0, 0.05) is 92.1 Å². The van der Waals surface area contributed by atoms with Crippen molar-refractivity contribution in [2.24, 2.45) is 17.3 Å². The van der Waals surface area contributed by atoms with Crippen LogP contribution in [0.5, 0.6) is 17.2 Å². The highest BCUT2D eigenvalue weighted by atomic mass is 35.5. The standard InChI is InChI=1S/C48H53ClFN7O8S/c1-48(2)13-11-33(42(22-48)31-3-5-36(49)6-4-31)25-54-15-17-55(18-16-54)37-7-9-41(45(20-37)65-39-19-32-12-14-51-46(32)52-24-39)47(58)53-66(61,62)40-8-10-44(43(21-40)57(59)60)64-28-35-27-56(26-34(35)23-50)38-29-63-30-38/h3-10,12,14,19-21,24,34-35,38H,11,13,15-18,22-23,25-30H2,1-2H3,(H,51,52)(H,53,58)/t34-,35+/m0/s1. The van der Waals surface area contributed by atoms with E-state index in [-0.39, 0.29) is 47.0 Å². The number of nitro benzene ring substituents is 1. The zero-order chi connectivity index (χ0) is 46.2. The number of pyridine rings is 1. The highest BCUT2D eigenvalue weighted by Crippen LogP contribution is 2.44. The van der Waals surface area contributed by atoms with Gasteiger partial charge in [-0.1, -0.05) is 43.2 Å². The average Bonchev–Trinajstić information content (AvgIpc) is 3.92.